The van der Waals surface area contributed by atoms with Crippen LogP contribution in [0.4, 0.5) is 0 Å². The average Bonchev–Trinajstić information content (AvgIpc) is 2.91. The number of carbonyl (C=O) groups excluding carboxylic acids is 1. The topological polar surface area (TPSA) is 89.3 Å². The third-order valence-electron chi connectivity index (χ3n) is 3.31. The molecule has 0 heterocycles. The van der Waals surface area contributed by atoms with Crippen LogP contribution < -0.4 is 10.5 Å². The second-order valence-corrected chi connectivity index (χ2v) is 6.39. The summed E-state index contributed by atoms with van der Waals surface area (Å²) in [5.41, 5.74) is 1.83. The molecule has 0 aliphatic heterocycles. The number of hydrogen-bond acceptors (Lipinski definition) is 3. The Kier molecular flexibility index (Phi) is 4.57. The normalized spacial score (nSPS) is 14.9. The van der Waals surface area contributed by atoms with Crippen molar-refractivity contribution in [2.24, 2.45) is 5.14 Å². The molecule has 3 N–H and O–H groups in total. The van der Waals surface area contributed by atoms with Crippen molar-refractivity contribution in [2.75, 3.05) is 6.54 Å². The van der Waals surface area contributed by atoms with Crippen LogP contribution in [0.2, 0.25) is 0 Å². The second-order valence-electron chi connectivity index (χ2n) is 4.83. The predicted molar refractivity (Wildman–Crippen MR) is 76.7 cm³/mol. The van der Waals surface area contributed by atoms with Crippen molar-refractivity contribution in [2.45, 2.75) is 30.6 Å². The first kappa shape index (κ1) is 14.7. The van der Waals surface area contributed by atoms with E-state index in [1.807, 2.05) is 0 Å². The van der Waals surface area contributed by atoms with Gasteiger partial charge < -0.3 is 5.32 Å². The maximum atomic E-state index is 11.9. The molecule has 0 atom stereocenters. The molecule has 0 aromatic heterocycles. The standard InChI is InChI=1S/C14H18N2O3S/c15-20(18,19)13-7-5-12(6-8-13)14(17)16-10-9-11-3-1-2-4-11/h3,5-8H,1-2,4,9-10H2,(H,16,17)(H2,15,18,19). The van der Waals surface area contributed by atoms with Crippen LogP contribution in [0.25, 0.3) is 0 Å². The van der Waals surface area contributed by atoms with E-state index in [2.05, 4.69) is 11.4 Å². The van der Waals surface area contributed by atoms with Crippen LogP contribution >= 0.6 is 0 Å². The van der Waals surface area contributed by atoms with E-state index in [1.165, 1.54) is 36.3 Å². The van der Waals surface area contributed by atoms with Crippen LogP contribution in [-0.2, 0) is 10.0 Å². The Balaban J connectivity index is 1.89. The summed E-state index contributed by atoms with van der Waals surface area (Å²) in [7, 11) is -3.71. The molecule has 5 nitrogen and oxygen atoms in total. The number of carbonyl (C=O) groups is 1. The Morgan fingerprint density at radius 2 is 1.95 bits per heavy atom. The van der Waals surface area contributed by atoms with E-state index in [4.69, 9.17) is 5.14 Å². The van der Waals surface area contributed by atoms with Crippen LogP contribution in [-0.4, -0.2) is 20.9 Å². The van der Waals surface area contributed by atoms with E-state index in [0.29, 0.717) is 12.1 Å². The molecule has 6 heteroatoms. The first-order valence-corrected chi connectivity index (χ1v) is 8.10. The van der Waals surface area contributed by atoms with Crippen molar-refractivity contribution in [3.8, 4) is 0 Å². The maximum Gasteiger partial charge on any atom is 0.251 e. The van der Waals surface area contributed by atoms with Crippen LogP contribution in [0.5, 0.6) is 0 Å². The van der Waals surface area contributed by atoms with Gasteiger partial charge in [0.15, 0.2) is 0 Å². The zero-order valence-electron chi connectivity index (χ0n) is 11.1. The summed E-state index contributed by atoms with van der Waals surface area (Å²) in [6.07, 6.45) is 6.57. The monoisotopic (exact) mass is 294 g/mol. The summed E-state index contributed by atoms with van der Waals surface area (Å²) in [4.78, 5) is 11.9. The fourth-order valence-corrected chi connectivity index (χ4v) is 2.71. The van der Waals surface area contributed by atoms with Gasteiger partial charge in [0.2, 0.25) is 10.0 Å². The lowest BCUT2D eigenvalue weighted by atomic mass is 10.1. The Hall–Kier alpha value is -1.66. The molecule has 0 radical (unpaired) electrons. The molecule has 0 spiro atoms. The number of nitrogens with one attached hydrogen (secondary N) is 1. The summed E-state index contributed by atoms with van der Waals surface area (Å²) in [6, 6.07) is 5.60. The highest BCUT2D eigenvalue weighted by Crippen LogP contribution is 2.19. The molecule has 0 bridgehead atoms. The number of allylic oxidation sites excluding steroid dienone is 1. The zero-order valence-corrected chi connectivity index (χ0v) is 11.9. The average molecular weight is 294 g/mol. The molecule has 1 aliphatic carbocycles. The van der Waals surface area contributed by atoms with E-state index < -0.39 is 10.0 Å². The van der Waals surface area contributed by atoms with Gasteiger partial charge in [-0.05, 0) is 49.9 Å². The summed E-state index contributed by atoms with van der Waals surface area (Å²) in [6.45, 7) is 0.599. The first-order chi connectivity index (χ1) is 9.47. The van der Waals surface area contributed by atoms with Gasteiger partial charge >= 0.3 is 0 Å². The molecule has 108 valence electrons. The minimum absolute atomic E-state index is 0.00478. The molecule has 0 unspecified atom stereocenters. The molecule has 1 aromatic carbocycles. The number of sulfonamides is 1. The first-order valence-electron chi connectivity index (χ1n) is 6.56. The number of rotatable bonds is 5. The molecule has 1 aromatic rings. The molecule has 0 fully saturated rings. The van der Waals surface area contributed by atoms with Crippen molar-refractivity contribution in [3.05, 3.63) is 41.5 Å². The fraction of sp³-hybridized carbons (Fsp3) is 0.357. The van der Waals surface area contributed by atoms with Crippen molar-refractivity contribution in [1.82, 2.24) is 5.32 Å². The third-order valence-corrected chi connectivity index (χ3v) is 4.24. The SMILES string of the molecule is NS(=O)(=O)c1ccc(C(=O)NCCC2=CCCC2)cc1. The molecule has 0 saturated heterocycles. The van der Waals surface area contributed by atoms with E-state index in [9.17, 15) is 13.2 Å². The lowest BCUT2D eigenvalue weighted by Crippen LogP contribution is -2.24. The fourth-order valence-electron chi connectivity index (χ4n) is 2.20. The number of amides is 1. The van der Waals surface area contributed by atoms with E-state index in [0.717, 1.165) is 19.3 Å². The van der Waals surface area contributed by atoms with Crippen LogP contribution in [0.1, 0.15) is 36.0 Å². The Morgan fingerprint density at radius 3 is 2.50 bits per heavy atom. The van der Waals surface area contributed by atoms with E-state index in [1.54, 1.807) is 0 Å². The molecule has 1 amide bonds. The summed E-state index contributed by atoms with van der Waals surface area (Å²) in [5, 5.41) is 7.82. The van der Waals surface area contributed by atoms with Crippen molar-refractivity contribution < 1.29 is 13.2 Å². The highest BCUT2D eigenvalue weighted by Gasteiger charge is 2.10. The highest BCUT2D eigenvalue weighted by molar-refractivity contribution is 7.89. The summed E-state index contributed by atoms with van der Waals surface area (Å²) < 4.78 is 22.2. The minimum atomic E-state index is -3.71. The van der Waals surface area contributed by atoms with Gasteiger partial charge in [0.1, 0.15) is 0 Å². The Labute approximate surface area is 118 Å². The smallest absolute Gasteiger partial charge is 0.251 e. The number of primary sulfonamides is 1. The lowest BCUT2D eigenvalue weighted by Gasteiger charge is -2.06. The Morgan fingerprint density at radius 1 is 1.25 bits per heavy atom. The van der Waals surface area contributed by atoms with Crippen LogP contribution in [0.15, 0.2) is 40.8 Å². The van der Waals surface area contributed by atoms with E-state index in [-0.39, 0.29) is 10.8 Å². The number of hydrogen-bond donors (Lipinski definition) is 2. The van der Waals surface area contributed by atoms with Crippen molar-refractivity contribution in [3.63, 3.8) is 0 Å². The largest absolute Gasteiger partial charge is 0.352 e. The van der Waals surface area contributed by atoms with Crippen molar-refractivity contribution in [1.29, 1.82) is 0 Å². The van der Waals surface area contributed by atoms with Gasteiger partial charge in [-0.1, -0.05) is 11.6 Å². The molecule has 0 saturated carbocycles. The zero-order chi connectivity index (χ0) is 14.6. The Bertz CT molecular complexity index is 618. The van der Waals surface area contributed by atoms with Gasteiger partial charge in [0, 0.05) is 12.1 Å². The molecule has 20 heavy (non-hydrogen) atoms. The van der Waals surface area contributed by atoms with Gasteiger partial charge in [-0.15, -0.1) is 0 Å². The molecule has 2 rings (SSSR count). The predicted octanol–water partition coefficient (Wildman–Crippen LogP) is 1.56. The summed E-state index contributed by atoms with van der Waals surface area (Å²) >= 11 is 0. The van der Waals surface area contributed by atoms with Crippen molar-refractivity contribution >= 4 is 15.9 Å². The summed E-state index contributed by atoms with van der Waals surface area (Å²) in [5.74, 6) is -0.204. The van der Waals surface area contributed by atoms with Gasteiger partial charge in [0.25, 0.3) is 5.91 Å². The second kappa shape index (κ2) is 6.19. The van der Waals surface area contributed by atoms with Gasteiger partial charge in [-0.2, -0.15) is 0 Å². The van der Waals surface area contributed by atoms with Gasteiger partial charge in [-0.25, -0.2) is 13.6 Å². The van der Waals surface area contributed by atoms with Gasteiger partial charge in [-0.3, -0.25) is 4.79 Å². The molecule has 1 aliphatic rings. The van der Waals surface area contributed by atoms with Crippen LogP contribution in [0.3, 0.4) is 0 Å². The highest BCUT2D eigenvalue weighted by atomic mass is 32.2. The number of benzene rings is 1. The van der Waals surface area contributed by atoms with Gasteiger partial charge in [0.05, 0.1) is 4.90 Å². The van der Waals surface area contributed by atoms with E-state index >= 15 is 0 Å². The third kappa shape index (κ3) is 3.91. The minimum Gasteiger partial charge on any atom is -0.352 e. The lowest BCUT2D eigenvalue weighted by molar-refractivity contribution is 0.0954. The van der Waals surface area contributed by atoms with Crippen LogP contribution in [0, 0.1) is 0 Å². The molecular formula is C14H18N2O3S. The molecular weight excluding hydrogens is 276 g/mol. The number of nitrogens with two attached hydrogens (primary N) is 1. The maximum absolute atomic E-state index is 11.9. The quantitative estimate of drug-likeness (QED) is 0.808.